The summed E-state index contributed by atoms with van der Waals surface area (Å²) in [5, 5.41) is 20.7. The highest BCUT2D eigenvalue weighted by molar-refractivity contribution is 7.86. The number of anilines is 1. The molecule has 1 aliphatic carbocycles. The number of fused-ring (bicyclic) bond motifs is 2. The number of ether oxygens (including phenoxy) is 5. The smallest absolute Gasteiger partial charge is 0.333 e. The average molecular weight is 1110 g/mol. The van der Waals surface area contributed by atoms with E-state index in [9.17, 15) is 53.9 Å². The van der Waals surface area contributed by atoms with Crippen LogP contribution in [0.25, 0.3) is 17.4 Å². The van der Waals surface area contributed by atoms with E-state index in [4.69, 9.17) is 32.9 Å². The zero-order valence-electron chi connectivity index (χ0n) is 42.9. The minimum Gasteiger partial charge on any atom is -0.492 e. The minimum absolute atomic E-state index is 0.0419. The van der Waals surface area contributed by atoms with E-state index in [0.717, 1.165) is 23.3 Å². The van der Waals surface area contributed by atoms with Gasteiger partial charge < -0.3 is 48.1 Å². The number of benzene rings is 2. The van der Waals surface area contributed by atoms with Crippen molar-refractivity contribution in [3.8, 4) is 23.1 Å². The molecule has 25 heteroatoms. The number of hydrogen-bond donors (Lipinski definition) is 5. The molecule has 5 N–H and O–H groups in total. The van der Waals surface area contributed by atoms with Crippen molar-refractivity contribution in [2.24, 2.45) is 0 Å². The van der Waals surface area contributed by atoms with Crippen LogP contribution in [-0.2, 0) is 69.7 Å². The van der Waals surface area contributed by atoms with Crippen LogP contribution >= 0.6 is 0 Å². The lowest BCUT2D eigenvalue weighted by Gasteiger charge is -2.30. The Morgan fingerprint density at radius 2 is 1.35 bits per heavy atom. The molecule has 75 heavy (non-hydrogen) atoms. The Morgan fingerprint density at radius 3 is 1.93 bits per heavy atom. The summed E-state index contributed by atoms with van der Waals surface area (Å²) in [4.78, 5) is 19.5. The number of rotatable bonds is 31. The van der Waals surface area contributed by atoms with Gasteiger partial charge >= 0.3 is 5.97 Å². The summed E-state index contributed by atoms with van der Waals surface area (Å²) in [6, 6.07) is 13.9. The number of nitrogens with zero attached hydrogens (tertiary/aromatic N) is 3. The lowest BCUT2D eigenvalue weighted by molar-refractivity contribution is -0.145. The molecule has 1 unspecified atom stereocenters. The largest absolute Gasteiger partial charge is 0.492 e. The van der Waals surface area contributed by atoms with E-state index >= 15 is 0 Å². The van der Waals surface area contributed by atoms with Crippen molar-refractivity contribution in [1.82, 2.24) is 9.31 Å². The SMILES string of the molecule is COCCOCCOCCOCCOCC[N+](CCCS(=O)(=O)O)=c1ccc2c(C(C)(C)C)cc(C=CC=C3N(CCCS(=O)(=O)O)c4ccc(S(=O)(=O)O)cc4C3(C)CCCC(=O)On3c(O)ccc3O)oc-2c1. The van der Waals surface area contributed by atoms with Gasteiger partial charge in [-0.2, -0.15) is 25.3 Å². The van der Waals surface area contributed by atoms with Crippen LogP contribution < -0.4 is 19.7 Å². The first-order valence-corrected chi connectivity index (χ1v) is 28.9. The van der Waals surface area contributed by atoms with Gasteiger partial charge in [-0.3, -0.25) is 13.7 Å². The third-order valence-corrected chi connectivity index (χ3v) is 14.6. The summed E-state index contributed by atoms with van der Waals surface area (Å²) in [5.41, 5.74) is 1.72. The number of allylic oxidation sites excluding steroid dienone is 3. The van der Waals surface area contributed by atoms with Gasteiger partial charge in [0.15, 0.2) is 6.54 Å². The molecule has 2 aliphatic heterocycles. The summed E-state index contributed by atoms with van der Waals surface area (Å²) in [7, 11) is -11.7. The molecule has 2 aromatic rings. The maximum absolute atomic E-state index is 13.0. The van der Waals surface area contributed by atoms with E-state index in [1.165, 1.54) is 18.2 Å². The Bertz CT molecular complexity index is 2980. The van der Waals surface area contributed by atoms with Crippen molar-refractivity contribution >= 4 is 48.1 Å². The maximum atomic E-state index is 13.0. The van der Waals surface area contributed by atoms with Crippen LogP contribution in [0.4, 0.5) is 5.69 Å². The summed E-state index contributed by atoms with van der Waals surface area (Å²) in [6.45, 7) is 12.2. The lowest BCUT2D eigenvalue weighted by atomic mass is 9.77. The van der Waals surface area contributed by atoms with Gasteiger partial charge in [0.05, 0.1) is 75.3 Å². The second kappa shape index (κ2) is 27.2. The molecule has 3 heterocycles. The van der Waals surface area contributed by atoms with Crippen LogP contribution in [0, 0.1) is 0 Å². The van der Waals surface area contributed by atoms with Crippen molar-refractivity contribution in [2.45, 2.75) is 75.5 Å². The molecule has 0 spiro atoms. The summed E-state index contributed by atoms with van der Waals surface area (Å²) >= 11 is 0. The van der Waals surface area contributed by atoms with Crippen LogP contribution in [0.2, 0.25) is 0 Å². The molecular formula is C50H70N3O19S3+. The predicted octanol–water partition coefficient (Wildman–Crippen LogP) is 4.68. The Labute approximate surface area is 438 Å². The molecule has 1 atom stereocenters. The molecule has 22 nitrogen and oxygen atoms in total. The minimum atomic E-state index is -4.70. The second-order valence-corrected chi connectivity index (χ2v) is 23.5. The van der Waals surface area contributed by atoms with E-state index < -0.39 is 75.3 Å². The number of aromatic hydroxyl groups is 2. The third-order valence-electron chi connectivity index (χ3n) is 12.2. The van der Waals surface area contributed by atoms with Crippen molar-refractivity contribution in [2.75, 3.05) is 103 Å². The van der Waals surface area contributed by atoms with Crippen LogP contribution in [0.1, 0.15) is 76.7 Å². The summed E-state index contributed by atoms with van der Waals surface area (Å²) < 4.78 is 138. The number of methoxy groups -OCH3 is 1. The number of aromatic nitrogens is 1. The van der Waals surface area contributed by atoms with Gasteiger partial charge in [-0.25, -0.2) is 9.37 Å². The maximum Gasteiger partial charge on any atom is 0.333 e. The van der Waals surface area contributed by atoms with Crippen LogP contribution in [0.15, 0.2) is 81.8 Å². The third kappa shape index (κ3) is 18.5. The number of carbonyl (C=O) groups is 1. The molecule has 0 saturated carbocycles. The zero-order valence-corrected chi connectivity index (χ0v) is 45.3. The monoisotopic (exact) mass is 1110 g/mol. The van der Waals surface area contributed by atoms with E-state index in [2.05, 4.69) is 0 Å². The first kappa shape index (κ1) is 60.7. The number of carbonyl (C=O) groups excluding carboxylic acids is 1. The fourth-order valence-corrected chi connectivity index (χ4v) is 10.0. The van der Waals surface area contributed by atoms with E-state index in [0.29, 0.717) is 98.0 Å². The Balaban J connectivity index is 1.46. The fraction of sp³-hybridized carbons (Fsp3) is 0.520. The summed E-state index contributed by atoms with van der Waals surface area (Å²) in [5.74, 6) is -1.92. The molecule has 416 valence electrons. The highest BCUT2D eigenvalue weighted by Crippen LogP contribution is 2.51. The van der Waals surface area contributed by atoms with Crippen molar-refractivity contribution in [3.63, 3.8) is 0 Å². The second-order valence-electron chi connectivity index (χ2n) is 18.9. The van der Waals surface area contributed by atoms with Gasteiger partial charge in [0.1, 0.15) is 24.7 Å². The van der Waals surface area contributed by atoms with Gasteiger partial charge in [-0.1, -0.05) is 26.8 Å². The number of hydrogen-bond acceptors (Lipinski definition) is 17. The first-order valence-electron chi connectivity index (χ1n) is 24.3. The highest BCUT2D eigenvalue weighted by atomic mass is 32.2. The molecule has 5 rings (SSSR count). The average Bonchev–Trinajstić information content (AvgIpc) is 3.75. The van der Waals surface area contributed by atoms with Crippen LogP contribution in [-0.4, -0.2) is 158 Å². The quantitative estimate of drug-likeness (QED) is 0.0259. The van der Waals surface area contributed by atoms with Crippen molar-refractivity contribution < 1.29 is 86.9 Å². The predicted molar refractivity (Wildman–Crippen MR) is 278 cm³/mol. The van der Waals surface area contributed by atoms with Gasteiger partial charge in [0.25, 0.3) is 30.4 Å². The van der Waals surface area contributed by atoms with Crippen LogP contribution in [0.3, 0.4) is 0 Å². The lowest BCUT2D eigenvalue weighted by Crippen LogP contribution is -2.35. The standard InChI is InChI=1S/C50H69N3O19S3/c1-49(2,3)41-35-38(71-44-34-37(13-15-40(41)44)51(20-8-32-73(57,58)59)22-23-67-26-27-69-30-31-70-29-28-68-25-24-66-5)10-6-11-45-50(4,19-7-12-48(56)72-53-46(54)17-18-47(53)55)42-36-39(75(63,64)65)14-16-43(42)52(45)21-9-33-74(60,61)62/h6,10-11,13-18,34-36H,7-9,12,19-33H2,1-5H3,(H4-,54,55,57,58,59,60,61,62,63,64,65)/p+1. The Morgan fingerprint density at radius 1 is 0.747 bits per heavy atom. The Kier molecular flexibility index (Phi) is 22.0. The van der Waals surface area contributed by atoms with Gasteiger partial charge in [0, 0.05) is 67.1 Å². The normalized spacial score (nSPS) is 16.4. The molecule has 0 bridgehead atoms. The fourth-order valence-electron chi connectivity index (χ4n) is 8.54. The Hall–Kier alpha value is -5.19. The van der Waals surface area contributed by atoms with Gasteiger partial charge in [-0.05, 0) is 85.2 Å². The van der Waals surface area contributed by atoms with Gasteiger partial charge in [0.2, 0.25) is 17.1 Å². The molecule has 3 aliphatic rings. The first-order chi connectivity index (χ1) is 35.3. The van der Waals surface area contributed by atoms with Crippen LogP contribution in [0.5, 0.6) is 11.8 Å². The van der Waals surface area contributed by atoms with Gasteiger partial charge in [-0.15, -0.1) is 4.73 Å². The highest BCUT2D eigenvalue weighted by Gasteiger charge is 2.44. The van der Waals surface area contributed by atoms with Crippen molar-refractivity contribution in [1.29, 1.82) is 0 Å². The molecule has 1 aromatic heterocycles. The molecule has 0 amide bonds. The molecule has 0 radical (unpaired) electrons. The topological polar surface area (TPSA) is 300 Å². The van der Waals surface area contributed by atoms with Crippen molar-refractivity contribution in [3.05, 3.63) is 94.7 Å². The van der Waals surface area contributed by atoms with E-state index in [1.807, 2.05) is 49.6 Å². The van der Waals surface area contributed by atoms with E-state index in [1.54, 1.807) is 37.2 Å². The van der Waals surface area contributed by atoms with E-state index in [-0.39, 0.29) is 51.8 Å². The molecular weight excluding hydrogens is 1040 g/mol. The molecule has 1 aromatic carbocycles. The zero-order chi connectivity index (χ0) is 55.0. The summed E-state index contributed by atoms with van der Waals surface area (Å²) in [6.07, 6.45) is 5.34. The molecule has 0 saturated heterocycles. The molecule has 0 fully saturated rings.